The number of thioether (sulfide) groups is 1. The van der Waals surface area contributed by atoms with Gasteiger partial charge in [0.2, 0.25) is 5.91 Å². The summed E-state index contributed by atoms with van der Waals surface area (Å²) in [6.45, 7) is 5.66. The molecule has 1 saturated heterocycles. The van der Waals surface area contributed by atoms with Gasteiger partial charge in [-0.25, -0.2) is 0 Å². The molecule has 3 nitrogen and oxygen atoms in total. The van der Waals surface area contributed by atoms with Crippen LogP contribution in [0.2, 0.25) is 0 Å². The summed E-state index contributed by atoms with van der Waals surface area (Å²) in [7, 11) is 0. The average molecular weight is 447 g/mol. The number of piperidine rings is 1. The van der Waals surface area contributed by atoms with E-state index in [0.29, 0.717) is 0 Å². The summed E-state index contributed by atoms with van der Waals surface area (Å²) in [5, 5.41) is 3.13. The molecule has 1 N–H and O–H groups in total. The van der Waals surface area contributed by atoms with Crippen molar-refractivity contribution in [3.8, 4) is 0 Å². The lowest BCUT2D eigenvalue weighted by molar-refractivity contribution is -0.126. The zero-order valence-corrected chi connectivity index (χ0v) is 18.2. The molecule has 0 bridgehead atoms. The minimum atomic E-state index is 0.110. The number of benzene rings is 2. The van der Waals surface area contributed by atoms with Gasteiger partial charge in [-0.3, -0.25) is 9.69 Å². The van der Waals surface area contributed by atoms with E-state index < -0.39 is 0 Å². The van der Waals surface area contributed by atoms with Gasteiger partial charge in [-0.1, -0.05) is 45.8 Å². The Labute approximate surface area is 175 Å². The number of nitrogens with one attached hydrogen (secondary N) is 1. The molecule has 0 spiro atoms. The molecule has 0 aliphatic carbocycles. The van der Waals surface area contributed by atoms with Crippen LogP contribution < -0.4 is 5.32 Å². The lowest BCUT2D eigenvalue weighted by atomic mass is 9.96. The van der Waals surface area contributed by atoms with Crippen molar-refractivity contribution in [1.29, 1.82) is 0 Å². The molecule has 1 aliphatic rings. The first-order valence-electron chi connectivity index (χ1n) is 9.54. The Hall–Kier alpha value is -1.30. The zero-order valence-electron chi connectivity index (χ0n) is 15.8. The van der Waals surface area contributed by atoms with Crippen molar-refractivity contribution >= 4 is 33.6 Å². The molecule has 5 heteroatoms. The normalized spacial score (nSPS) is 17.6. The zero-order chi connectivity index (χ0) is 19.1. The van der Waals surface area contributed by atoms with Crippen LogP contribution in [0.4, 0.5) is 0 Å². The predicted molar refractivity (Wildman–Crippen MR) is 117 cm³/mol. The van der Waals surface area contributed by atoms with Crippen LogP contribution in [0.1, 0.15) is 24.0 Å². The highest BCUT2D eigenvalue weighted by molar-refractivity contribution is 9.10. The molecule has 2 aromatic rings. The van der Waals surface area contributed by atoms with Gasteiger partial charge in [0.25, 0.3) is 0 Å². The molecule has 1 heterocycles. The highest BCUT2D eigenvalue weighted by Crippen LogP contribution is 2.20. The molecule has 144 valence electrons. The van der Waals surface area contributed by atoms with Gasteiger partial charge in [-0.15, -0.1) is 11.8 Å². The standard InChI is InChI=1S/C22H27BrN2OS/c1-17-4-10-21(11-5-17)27-14-12-24-22(26)19-3-2-13-25(16-19)15-18-6-8-20(23)9-7-18/h4-11,19H,2-3,12-16H2,1H3,(H,24,26). The first-order chi connectivity index (χ1) is 13.1. The van der Waals surface area contributed by atoms with Crippen LogP contribution in [0.3, 0.4) is 0 Å². The largest absolute Gasteiger partial charge is 0.355 e. The maximum absolute atomic E-state index is 12.5. The van der Waals surface area contributed by atoms with Crippen LogP contribution in [0, 0.1) is 12.8 Å². The topological polar surface area (TPSA) is 32.3 Å². The molecular weight excluding hydrogens is 420 g/mol. The minimum Gasteiger partial charge on any atom is -0.355 e. The van der Waals surface area contributed by atoms with Crippen molar-refractivity contribution in [1.82, 2.24) is 10.2 Å². The number of carbonyl (C=O) groups excluding carboxylic acids is 1. The monoisotopic (exact) mass is 446 g/mol. The van der Waals surface area contributed by atoms with Crippen LogP contribution >= 0.6 is 27.7 Å². The fraction of sp³-hybridized carbons (Fsp3) is 0.409. The number of aryl methyl sites for hydroxylation is 1. The number of halogens is 1. The first-order valence-corrected chi connectivity index (χ1v) is 11.3. The Balaban J connectivity index is 1.40. The van der Waals surface area contributed by atoms with Crippen molar-refractivity contribution in [2.75, 3.05) is 25.4 Å². The summed E-state index contributed by atoms with van der Waals surface area (Å²) in [5.74, 6) is 1.23. The second-order valence-electron chi connectivity index (χ2n) is 7.15. The molecule has 1 amide bonds. The summed E-state index contributed by atoms with van der Waals surface area (Å²) in [4.78, 5) is 16.2. The summed E-state index contributed by atoms with van der Waals surface area (Å²) in [6.07, 6.45) is 2.08. The number of hydrogen-bond donors (Lipinski definition) is 1. The predicted octanol–water partition coefficient (Wildman–Crippen LogP) is 4.88. The lowest BCUT2D eigenvalue weighted by Crippen LogP contribution is -2.43. The molecule has 0 radical (unpaired) electrons. The second kappa shape index (κ2) is 10.3. The molecule has 27 heavy (non-hydrogen) atoms. The van der Waals surface area contributed by atoms with Gasteiger partial charge in [0.15, 0.2) is 0 Å². The maximum atomic E-state index is 12.5. The van der Waals surface area contributed by atoms with Crippen molar-refractivity contribution in [2.45, 2.75) is 31.2 Å². The van der Waals surface area contributed by atoms with Gasteiger partial charge in [-0.05, 0) is 56.1 Å². The van der Waals surface area contributed by atoms with E-state index in [1.165, 1.54) is 16.0 Å². The summed E-state index contributed by atoms with van der Waals surface area (Å²) >= 11 is 5.27. The first kappa shape index (κ1) is 20.4. The van der Waals surface area contributed by atoms with E-state index in [-0.39, 0.29) is 11.8 Å². The second-order valence-corrected chi connectivity index (χ2v) is 9.24. The number of nitrogens with zero attached hydrogens (tertiary/aromatic N) is 1. The fourth-order valence-electron chi connectivity index (χ4n) is 3.38. The summed E-state index contributed by atoms with van der Waals surface area (Å²) < 4.78 is 1.10. The minimum absolute atomic E-state index is 0.110. The van der Waals surface area contributed by atoms with Crippen LogP contribution in [-0.4, -0.2) is 36.2 Å². The third-order valence-corrected chi connectivity index (χ3v) is 6.43. The van der Waals surface area contributed by atoms with E-state index in [0.717, 1.165) is 49.2 Å². The molecular formula is C22H27BrN2OS. The lowest BCUT2D eigenvalue weighted by Gasteiger charge is -2.32. The van der Waals surface area contributed by atoms with Crippen LogP contribution in [0.25, 0.3) is 0 Å². The molecule has 2 aromatic carbocycles. The smallest absolute Gasteiger partial charge is 0.224 e. The molecule has 3 rings (SSSR count). The van der Waals surface area contributed by atoms with Gasteiger partial charge in [-0.2, -0.15) is 0 Å². The molecule has 1 unspecified atom stereocenters. The highest BCUT2D eigenvalue weighted by Gasteiger charge is 2.25. The van der Waals surface area contributed by atoms with E-state index in [9.17, 15) is 4.79 Å². The summed E-state index contributed by atoms with van der Waals surface area (Å²) in [6, 6.07) is 17.0. The van der Waals surface area contributed by atoms with E-state index in [1.54, 1.807) is 11.8 Å². The third-order valence-electron chi connectivity index (χ3n) is 4.89. The highest BCUT2D eigenvalue weighted by atomic mass is 79.9. The number of carbonyl (C=O) groups is 1. The summed E-state index contributed by atoms with van der Waals surface area (Å²) in [5.41, 5.74) is 2.58. The Morgan fingerprint density at radius 2 is 1.93 bits per heavy atom. The number of hydrogen-bond acceptors (Lipinski definition) is 3. The van der Waals surface area contributed by atoms with E-state index in [1.807, 2.05) is 0 Å². The van der Waals surface area contributed by atoms with Gasteiger partial charge in [0.1, 0.15) is 0 Å². The number of rotatable bonds is 7. The Morgan fingerprint density at radius 3 is 2.67 bits per heavy atom. The number of likely N-dealkylation sites (tertiary alicyclic amines) is 1. The van der Waals surface area contributed by atoms with Gasteiger partial charge < -0.3 is 5.32 Å². The SMILES string of the molecule is Cc1ccc(SCCNC(=O)C2CCCN(Cc3ccc(Br)cc3)C2)cc1. The maximum Gasteiger partial charge on any atom is 0.224 e. The van der Waals surface area contributed by atoms with E-state index in [4.69, 9.17) is 0 Å². The Morgan fingerprint density at radius 1 is 1.19 bits per heavy atom. The van der Waals surface area contributed by atoms with Gasteiger partial charge in [0, 0.05) is 34.8 Å². The molecule has 1 aliphatic heterocycles. The number of amides is 1. The Kier molecular flexibility index (Phi) is 7.80. The third kappa shape index (κ3) is 6.66. The average Bonchev–Trinajstić information content (AvgIpc) is 2.68. The van der Waals surface area contributed by atoms with Crippen molar-refractivity contribution in [3.05, 3.63) is 64.1 Å². The van der Waals surface area contributed by atoms with Crippen LogP contribution in [0.5, 0.6) is 0 Å². The van der Waals surface area contributed by atoms with Crippen LogP contribution in [-0.2, 0) is 11.3 Å². The molecule has 1 atom stereocenters. The van der Waals surface area contributed by atoms with Crippen LogP contribution in [0.15, 0.2) is 57.9 Å². The molecule has 0 aromatic heterocycles. The van der Waals surface area contributed by atoms with Gasteiger partial charge in [0.05, 0.1) is 5.92 Å². The van der Waals surface area contributed by atoms with Crippen molar-refractivity contribution in [2.24, 2.45) is 5.92 Å². The van der Waals surface area contributed by atoms with Crippen molar-refractivity contribution in [3.63, 3.8) is 0 Å². The van der Waals surface area contributed by atoms with E-state index >= 15 is 0 Å². The van der Waals surface area contributed by atoms with Gasteiger partial charge >= 0.3 is 0 Å². The molecule has 0 saturated carbocycles. The van der Waals surface area contributed by atoms with Crippen molar-refractivity contribution < 1.29 is 4.79 Å². The molecule has 1 fully saturated rings. The quantitative estimate of drug-likeness (QED) is 0.485. The fourth-order valence-corrected chi connectivity index (χ4v) is 4.42. The van der Waals surface area contributed by atoms with E-state index in [2.05, 4.69) is 81.6 Å². The Bertz CT molecular complexity index is 733.